The van der Waals surface area contributed by atoms with Gasteiger partial charge in [-0.2, -0.15) is 0 Å². The van der Waals surface area contributed by atoms with Gasteiger partial charge in [0, 0.05) is 0 Å². The quantitative estimate of drug-likeness (QED) is 0.795. The van der Waals surface area contributed by atoms with Gasteiger partial charge in [-0.3, -0.25) is 0 Å². The van der Waals surface area contributed by atoms with E-state index in [1.807, 2.05) is 30.5 Å². The molecule has 0 aliphatic carbocycles. The zero-order valence-electron chi connectivity index (χ0n) is 14.3. The van der Waals surface area contributed by atoms with Crippen molar-refractivity contribution >= 4 is 32.3 Å². The molecule has 3 rings (SSSR count). The van der Waals surface area contributed by atoms with Crippen molar-refractivity contribution in [3.05, 3.63) is 36.0 Å². The van der Waals surface area contributed by atoms with Crippen LogP contribution in [0.5, 0.6) is 5.75 Å². The third kappa shape index (κ3) is 3.53. The molecule has 23 heavy (non-hydrogen) atoms. The molecule has 1 saturated heterocycles. The van der Waals surface area contributed by atoms with Gasteiger partial charge in [0.1, 0.15) is 0 Å². The Labute approximate surface area is 146 Å². The number of methoxy groups -OCH3 is 1. The van der Waals surface area contributed by atoms with Gasteiger partial charge >= 0.3 is 147 Å². The molecular weight excluding hydrogens is 389 g/mol. The monoisotopic (exact) mass is 415 g/mol. The van der Waals surface area contributed by atoms with E-state index in [-0.39, 0.29) is 6.10 Å². The molecule has 1 aliphatic rings. The number of hydrogen-bond acceptors (Lipinski definition) is 3. The Hall–Kier alpha value is -0.740. The normalized spacial score (nSPS) is 23.0. The third-order valence-electron chi connectivity index (χ3n) is 5.63. The first-order valence-corrected chi connectivity index (χ1v) is 16.3. The molecule has 4 heteroatoms. The number of aliphatic hydroxyl groups excluding tert-OH is 1. The van der Waals surface area contributed by atoms with Gasteiger partial charge in [0.15, 0.2) is 0 Å². The molecule has 1 N–H and O–H groups in total. The van der Waals surface area contributed by atoms with Crippen LogP contribution in [0.3, 0.4) is 0 Å². The minimum absolute atomic E-state index is 0.337. The van der Waals surface area contributed by atoms with E-state index in [2.05, 4.69) is 16.6 Å². The van der Waals surface area contributed by atoms with Crippen molar-refractivity contribution in [3.8, 4) is 5.75 Å². The number of ether oxygens (including phenoxy) is 1. The second-order valence-corrected chi connectivity index (χ2v) is 16.3. The number of aliphatic hydroxyl groups is 1. The number of hydrogen-bond donors (Lipinski definition) is 1. The van der Waals surface area contributed by atoms with Crippen molar-refractivity contribution < 1.29 is 9.84 Å². The van der Waals surface area contributed by atoms with Gasteiger partial charge < -0.3 is 0 Å². The second-order valence-electron chi connectivity index (χ2n) is 6.96. The van der Waals surface area contributed by atoms with Crippen molar-refractivity contribution in [2.75, 3.05) is 7.11 Å². The van der Waals surface area contributed by atoms with Crippen LogP contribution in [0.15, 0.2) is 30.5 Å². The van der Waals surface area contributed by atoms with Crippen molar-refractivity contribution in [2.45, 2.75) is 44.8 Å². The molecule has 0 unspecified atom stereocenters. The van der Waals surface area contributed by atoms with Gasteiger partial charge in [-0.1, -0.05) is 0 Å². The summed E-state index contributed by atoms with van der Waals surface area (Å²) in [4.78, 5) is 4.44. The van der Waals surface area contributed by atoms with Crippen LogP contribution in [0.2, 0.25) is 12.5 Å². The van der Waals surface area contributed by atoms with Gasteiger partial charge in [0.05, 0.1) is 0 Å². The van der Waals surface area contributed by atoms with Gasteiger partial charge in [0.25, 0.3) is 0 Å². The number of benzene rings is 1. The fourth-order valence-electron chi connectivity index (χ4n) is 4.13. The number of nitrogens with zero attached hydrogens (tertiary/aromatic N) is 1. The summed E-state index contributed by atoms with van der Waals surface area (Å²) in [5.74, 6) is 1.74. The van der Waals surface area contributed by atoms with Crippen LogP contribution in [-0.2, 0) is 0 Å². The molecule has 0 amide bonds. The van der Waals surface area contributed by atoms with Crippen LogP contribution in [0.25, 0.3) is 10.9 Å². The summed E-state index contributed by atoms with van der Waals surface area (Å²) in [5.41, 5.74) is 1.98. The van der Waals surface area contributed by atoms with E-state index in [1.165, 1.54) is 23.4 Å². The molecule has 1 aliphatic heterocycles. The minimum atomic E-state index is -1.67. The Morgan fingerprint density at radius 3 is 2.87 bits per heavy atom. The molecule has 1 fully saturated rings. The topological polar surface area (TPSA) is 42.4 Å². The number of pyridine rings is 1. The predicted molar refractivity (Wildman–Crippen MR) is 96.4 cm³/mol. The Balaban J connectivity index is 1.93. The van der Waals surface area contributed by atoms with E-state index in [9.17, 15) is 5.11 Å². The molecule has 0 spiro atoms. The summed E-state index contributed by atoms with van der Waals surface area (Å²) in [6.07, 6.45) is 5.28. The molecule has 3 nitrogen and oxygen atoms in total. The first kappa shape index (κ1) is 17.1. The second kappa shape index (κ2) is 7.43. The van der Waals surface area contributed by atoms with Crippen LogP contribution < -0.4 is 4.74 Å². The van der Waals surface area contributed by atoms with Crippen molar-refractivity contribution in [3.63, 3.8) is 0 Å². The zero-order valence-corrected chi connectivity index (χ0v) is 17.6. The summed E-state index contributed by atoms with van der Waals surface area (Å²) in [6.45, 7) is 2.31. The maximum absolute atomic E-state index is 11.1. The first-order chi connectivity index (χ1) is 11.1. The fourth-order valence-corrected chi connectivity index (χ4v) is 14.3. The first-order valence-electron chi connectivity index (χ1n) is 8.74. The molecular formula is C19H26InNO2. The zero-order chi connectivity index (χ0) is 16.4. The average molecular weight is 415 g/mol. The molecule has 3 atom stereocenters. The summed E-state index contributed by atoms with van der Waals surface area (Å²) in [7, 11) is 1.68. The van der Waals surface area contributed by atoms with Gasteiger partial charge in [-0.25, -0.2) is 0 Å². The summed E-state index contributed by atoms with van der Waals surface area (Å²) < 4.78 is 9.83. The molecule has 0 saturated carbocycles. The standard InChI is InChI=1S/C18H23NO2.CH3.In/c1-4-13(2)6-5-7-18(20)15-10-11-19-17-9-8-14(21-3)12-16(15)17;;/h7-13,18,20H,2,4-6H2,1,3H3;1H3;/t13-,18+;;/m1../s1. The summed E-state index contributed by atoms with van der Waals surface area (Å²) in [5, 5.41) is 12.2. The molecule has 2 aromatic rings. The number of fused-ring (bicyclic) bond motifs is 1. The van der Waals surface area contributed by atoms with E-state index in [0.717, 1.165) is 28.1 Å². The van der Waals surface area contributed by atoms with Crippen LogP contribution >= 0.6 is 0 Å². The fraction of sp³-hybridized carbons (Fsp3) is 0.526. The van der Waals surface area contributed by atoms with Gasteiger partial charge in [-0.15, -0.1) is 0 Å². The van der Waals surface area contributed by atoms with Crippen molar-refractivity contribution in [1.29, 1.82) is 0 Å². The molecule has 1 aromatic heterocycles. The van der Waals surface area contributed by atoms with Crippen molar-refractivity contribution in [2.24, 2.45) is 5.92 Å². The third-order valence-corrected chi connectivity index (χ3v) is 15.8. The summed E-state index contributed by atoms with van der Waals surface area (Å²) >= 11 is -1.67. The molecule has 122 valence electrons. The van der Waals surface area contributed by atoms with E-state index < -0.39 is 21.4 Å². The van der Waals surface area contributed by atoms with Crippen LogP contribution in [0, 0.1) is 5.92 Å². The van der Waals surface area contributed by atoms with Crippen LogP contribution in [0.4, 0.5) is 0 Å². The molecule has 0 radical (unpaired) electrons. The predicted octanol–water partition coefficient (Wildman–Crippen LogP) is 4.59. The van der Waals surface area contributed by atoms with Gasteiger partial charge in [0.2, 0.25) is 0 Å². The maximum atomic E-state index is 11.1. The van der Waals surface area contributed by atoms with E-state index >= 15 is 0 Å². The Morgan fingerprint density at radius 2 is 2.17 bits per heavy atom. The Kier molecular flexibility index (Phi) is 5.53. The van der Waals surface area contributed by atoms with Crippen LogP contribution in [0.1, 0.15) is 37.9 Å². The Bertz CT molecular complexity index is 675. The van der Waals surface area contributed by atoms with E-state index in [4.69, 9.17) is 4.74 Å². The van der Waals surface area contributed by atoms with Crippen molar-refractivity contribution in [1.82, 2.24) is 4.98 Å². The molecule has 2 heterocycles. The molecule has 0 bridgehead atoms. The van der Waals surface area contributed by atoms with E-state index in [0.29, 0.717) is 3.67 Å². The number of rotatable bonds is 4. The molecule has 1 aromatic carbocycles. The number of aromatic nitrogens is 1. The Morgan fingerprint density at radius 1 is 1.35 bits per heavy atom. The SMILES string of the molecule is CC[C@@H]1CC[C@@H]([C@H](O)c2ccnc3ccc(OC)cc23)[In]([CH3])[CH2]1. The van der Waals surface area contributed by atoms with Gasteiger partial charge in [-0.05, 0) is 0 Å². The van der Waals surface area contributed by atoms with Crippen LogP contribution in [-0.4, -0.2) is 38.6 Å². The average Bonchev–Trinajstić information content (AvgIpc) is 2.60. The van der Waals surface area contributed by atoms with E-state index in [1.54, 1.807) is 7.11 Å². The summed E-state index contributed by atoms with van der Waals surface area (Å²) in [6, 6.07) is 7.92.